The summed E-state index contributed by atoms with van der Waals surface area (Å²) < 4.78 is 15.0. The number of fused-ring (bicyclic) bond motifs is 1. The van der Waals surface area contributed by atoms with E-state index >= 15 is 0 Å². The summed E-state index contributed by atoms with van der Waals surface area (Å²) in [6.07, 6.45) is 3.05. The molecule has 1 fully saturated rings. The fourth-order valence-electron chi connectivity index (χ4n) is 4.69. The third kappa shape index (κ3) is 6.29. The Kier molecular flexibility index (Phi) is 8.46. The van der Waals surface area contributed by atoms with E-state index in [1.807, 2.05) is 45.2 Å². The van der Waals surface area contributed by atoms with Gasteiger partial charge in [-0.3, -0.25) is 14.9 Å². The van der Waals surface area contributed by atoms with Crippen molar-refractivity contribution in [1.82, 2.24) is 19.4 Å². The first kappa shape index (κ1) is 27.0. The van der Waals surface area contributed by atoms with Crippen LogP contribution in [0.2, 0.25) is 0 Å². The number of hydrogen-bond acceptors (Lipinski definition) is 7. The molecular formula is C28H38N4O5. The minimum absolute atomic E-state index is 0.0292. The zero-order valence-electron chi connectivity index (χ0n) is 22.4. The number of nitrogens with one attached hydrogen (secondary N) is 1. The lowest BCUT2D eigenvalue weighted by Crippen LogP contribution is -2.45. The Hall–Kier alpha value is -3.01. The quantitative estimate of drug-likeness (QED) is 0.404. The number of carbonyl (C=O) groups excluding carboxylic acids is 1. The number of imidazole rings is 1. The van der Waals surface area contributed by atoms with E-state index in [0.29, 0.717) is 25.3 Å². The number of benzene rings is 1. The Morgan fingerprint density at radius 1 is 1.30 bits per heavy atom. The van der Waals surface area contributed by atoms with Crippen LogP contribution < -0.4 is 10.9 Å². The Morgan fingerprint density at radius 2 is 2.08 bits per heavy atom. The maximum atomic E-state index is 12.5. The van der Waals surface area contributed by atoms with E-state index in [2.05, 4.69) is 16.0 Å². The van der Waals surface area contributed by atoms with Gasteiger partial charge in [0.1, 0.15) is 11.9 Å². The summed E-state index contributed by atoms with van der Waals surface area (Å²) in [7, 11) is 1.75. The summed E-state index contributed by atoms with van der Waals surface area (Å²) in [4.78, 5) is 29.7. The number of rotatable bonds is 10. The minimum Gasteiger partial charge on any atom is -0.464 e. The molecule has 0 aliphatic carbocycles. The Morgan fingerprint density at radius 3 is 2.73 bits per heavy atom. The van der Waals surface area contributed by atoms with Crippen LogP contribution in [0.4, 0.5) is 0 Å². The van der Waals surface area contributed by atoms with E-state index in [-0.39, 0.29) is 17.6 Å². The number of aliphatic hydroxyl groups excluding tert-OH is 1. The van der Waals surface area contributed by atoms with E-state index in [0.717, 1.165) is 47.4 Å². The second kappa shape index (κ2) is 11.6. The van der Waals surface area contributed by atoms with Crippen LogP contribution in [0, 0.1) is 12.8 Å². The molecule has 0 amide bonds. The van der Waals surface area contributed by atoms with E-state index in [9.17, 15) is 14.7 Å². The van der Waals surface area contributed by atoms with Crippen molar-refractivity contribution in [3.8, 4) is 11.4 Å². The van der Waals surface area contributed by atoms with Crippen LogP contribution in [0.25, 0.3) is 22.4 Å². The van der Waals surface area contributed by atoms with Crippen molar-refractivity contribution in [3.05, 3.63) is 51.9 Å². The number of aliphatic hydroxyl groups is 1. The topological polar surface area (TPSA) is 108 Å². The molecule has 9 nitrogen and oxygen atoms in total. The fraction of sp³-hybridized carbons (Fsp3) is 0.536. The van der Waals surface area contributed by atoms with Gasteiger partial charge >= 0.3 is 5.97 Å². The van der Waals surface area contributed by atoms with Gasteiger partial charge in [-0.05, 0) is 56.4 Å². The van der Waals surface area contributed by atoms with Crippen LogP contribution in [-0.4, -0.2) is 56.7 Å². The summed E-state index contributed by atoms with van der Waals surface area (Å²) in [6.45, 7) is 9.43. The molecule has 2 unspecified atom stereocenters. The third-order valence-electron chi connectivity index (χ3n) is 6.66. The number of aromatic nitrogens is 3. The second-order valence-electron chi connectivity index (χ2n) is 10.5. The maximum absolute atomic E-state index is 12.5. The van der Waals surface area contributed by atoms with Crippen molar-refractivity contribution in [3.63, 3.8) is 0 Å². The number of carbonyl (C=O) groups is 1. The predicted octanol–water partition coefficient (Wildman–Crippen LogP) is 2.93. The molecule has 3 heterocycles. The van der Waals surface area contributed by atoms with E-state index in [1.54, 1.807) is 18.5 Å². The van der Waals surface area contributed by atoms with Crippen LogP contribution in [0.15, 0.2) is 35.3 Å². The number of hydrogen-bond donors (Lipinski definition) is 2. The van der Waals surface area contributed by atoms with Crippen molar-refractivity contribution < 1.29 is 19.4 Å². The average Bonchev–Trinajstić information content (AvgIpc) is 3.49. The molecule has 9 heteroatoms. The normalized spacial score (nSPS) is 17.4. The lowest BCUT2D eigenvalue weighted by atomic mass is 10.1. The Bertz CT molecular complexity index is 1280. The van der Waals surface area contributed by atoms with Gasteiger partial charge in [0.25, 0.3) is 5.56 Å². The van der Waals surface area contributed by atoms with Crippen molar-refractivity contribution in [1.29, 1.82) is 0 Å². The number of nitrogens with zero attached hydrogens (tertiary/aromatic N) is 3. The summed E-state index contributed by atoms with van der Waals surface area (Å²) in [5.41, 5.74) is 4.24. The molecule has 3 aromatic rings. The van der Waals surface area contributed by atoms with Gasteiger partial charge in [0.15, 0.2) is 0 Å². The monoisotopic (exact) mass is 510 g/mol. The molecule has 1 aliphatic rings. The van der Waals surface area contributed by atoms with Crippen molar-refractivity contribution in [2.45, 2.75) is 71.9 Å². The molecule has 2 N–H and O–H groups in total. The number of ether oxygens (including phenoxy) is 2. The molecule has 1 aromatic carbocycles. The number of pyridine rings is 1. The fourth-order valence-corrected chi connectivity index (χ4v) is 4.69. The predicted molar refractivity (Wildman–Crippen MR) is 142 cm³/mol. The highest BCUT2D eigenvalue weighted by Crippen LogP contribution is 2.28. The van der Waals surface area contributed by atoms with Gasteiger partial charge < -0.3 is 23.7 Å². The smallest absolute Gasteiger partial charge is 0.325 e. The Labute approximate surface area is 217 Å². The minimum atomic E-state index is -0.895. The van der Waals surface area contributed by atoms with Gasteiger partial charge in [0, 0.05) is 37.5 Å². The summed E-state index contributed by atoms with van der Waals surface area (Å²) in [6, 6.07) is 7.04. The van der Waals surface area contributed by atoms with Gasteiger partial charge in [0.05, 0.1) is 36.4 Å². The van der Waals surface area contributed by atoms with E-state index in [1.165, 1.54) is 0 Å². The highest BCUT2D eigenvalue weighted by atomic mass is 16.5. The molecule has 0 saturated carbocycles. The summed E-state index contributed by atoms with van der Waals surface area (Å²) in [5.74, 6) is 0.545. The standard InChI is InChI=1S/C28H38N4O5/c1-17(2)16-37-28(35)25(19(4)33)29-13-20-8-9-23-24(12-20)32(15-22-7-6-10-36-22)26(30-23)21-11-18(3)27(34)31(5)14-21/h8-9,11-12,14,17,19,22,25,29,33H,6-7,10,13,15-16H2,1-5H3/t19?,22-,25?/m0/s1. The van der Waals surface area contributed by atoms with Crippen molar-refractivity contribution in [2.24, 2.45) is 13.0 Å². The van der Waals surface area contributed by atoms with E-state index in [4.69, 9.17) is 14.5 Å². The largest absolute Gasteiger partial charge is 0.464 e. The van der Waals surface area contributed by atoms with Crippen molar-refractivity contribution in [2.75, 3.05) is 13.2 Å². The summed E-state index contributed by atoms with van der Waals surface area (Å²) >= 11 is 0. The zero-order valence-corrected chi connectivity index (χ0v) is 22.4. The van der Waals surface area contributed by atoms with Gasteiger partial charge in [-0.1, -0.05) is 19.9 Å². The van der Waals surface area contributed by atoms with Crippen LogP contribution in [0.5, 0.6) is 0 Å². The van der Waals surface area contributed by atoms with Crippen LogP contribution >= 0.6 is 0 Å². The van der Waals surface area contributed by atoms with Crippen LogP contribution in [0.3, 0.4) is 0 Å². The SMILES string of the molecule is Cc1cc(-c2nc3ccc(CNC(C(=O)OCC(C)C)C(C)O)cc3n2C[C@@H]2CCCO2)cn(C)c1=O. The summed E-state index contributed by atoms with van der Waals surface area (Å²) in [5, 5.41) is 13.3. The van der Waals surface area contributed by atoms with Crippen LogP contribution in [0.1, 0.15) is 44.7 Å². The highest BCUT2D eigenvalue weighted by molar-refractivity contribution is 5.81. The molecule has 0 bridgehead atoms. The molecule has 1 aliphatic heterocycles. The lowest BCUT2D eigenvalue weighted by molar-refractivity contribution is -0.150. The molecule has 3 atom stereocenters. The molecule has 0 spiro atoms. The lowest BCUT2D eigenvalue weighted by Gasteiger charge is -2.21. The first-order valence-corrected chi connectivity index (χ1v) is 13.0. The average molecular weight is 511 g/mol. The second-order valence-corrected chi connectivity index (χ2v) is 10.5. The first-order chi connectivity index (χ1) is 17.6. The van der Waals surface area contributed by atoms with Crippen molar-refractivity contribution >= 4 is 17.0 Å². The first-order valence-electron chi connectivity index (χ1n) is 13.0. The van der Waals surface area contributed by atoms with Gasteiger partial charge in [-0.25, -0.2) is 4.98 Å². The molecule has 0 radical (unpaired) electrons. The third-order valence-corrected chi connectivity index (χ3v) is 6.66. The Balaban J connectivity index is 1.65. The number of aryl methyl sites for hydroxylation is 2. The molecule has 37 heavy (non-hydrogen) atoms. The molecule has 2 aromatic heterocycles. The molecule has 1 saturated heterocycles. The molecule has 200 valence electrons. The van der Waals surface area contributed by atoms with Gasteiger partial charge in [-0.2, -0.15) is 0 Å². The number of esters is 1. The van der Waals surface area contributed by atoms with Gasteiger partial charge in [0.2, 0.25) is 0 Å². The van der Waals surface area contributed by atoms with Crippen LogP contribution in [-0.2, 0) is 34.4 Å². The highest BCUT2D eigenvalue weighted by Gasteiger charge is 2.26. The maximum Gasteiger partial charge on any atom is 0.325 e. The molecule has 4 rings (SSSR count). The molecular weight excluding hydrogens is 472 g/mol. The van der Waals surface area contributed by atoms with Gasteiger partial charge in [-0.15, -0.1) is 0 Å². The zero-order chi connectivity index (χ0) is 26.7. The van der Waals surface area contributed by atoms with E-state index < -0.39 is 18.1 Å².